The number of fused-ring (bicyclic) bond motifs is 1. The first-order valence-corrected chi connectivity index (χ1v) is 6.09. The Hall–Kier alpha value is -1.96. The van der Waals surface area contributed by atoms with Crippen LogP contribution in [0.15, 0.2) is 55.0 Å². The number of aromatic nitrogens is 2. The molecule has 2 heterocycles. The predicted octanol–water partition coefficient (Wildman–Crippen LogP) is 3.60. The first kappa shape index (κ1) is 10.2. The van der Waals surface area contributed by atoms with Crippen LogP contribution in [0.5, 0.6) is 0 Å². The van der Waals surface area contributed by atoms with Crippen molar-refractivity contribution in [2.75, 3.05) is 0 Å². The molecular formula is C15H16N2. The molecule has 1 N–H and O–H groups in total. The highest BCUT2D eigenvalue weighted by Gasteiger charge is 2.02. The zero-order chi connectivity index (χ0) is 11.5. The van der Waals surface area contributed by atoms with Crippen molar-refractivity contribution < 1.29 is 0 Å². The molecule has 0 saturated heterocycles. The molecule has 3 rings (SSSR count). The van der Waals surface area contributed by atoms with Gasteiger partial charge in [-0.2, -0.15) is 0 Å². The fourth-order valence-corrected chi connectivity index (χ4v) is 2.31. The summed E-state index contributed by atoms with van der Waals surface area (Å²) in [4.78, 5) is 3.33. The van der Waals surface area contributed by atoms with Crippen molar-refractivity contribution in [1.82, 2.24) is 9.55 Å². The molecule has 3 aromatic rings. The van der Waals surface area contributed by atoms with E-state index in [4.69, 9.17) is 0 Å². The Bertz CT molecular complexity index is 590. The van der Waals surface area contributed by atoms with Gasteiger partial charge in [0.2, 0.25) is 0 Å². The highest BCUT2D eigenvalue weighted by Crippen LogP contribution is 2.19. The van der Waals surface area contributed by atoms with Crippen molar-refractivity contribution >= 4 is 10.9 Å². The normalized spacial score (nSPS) is 11.1. The second-order valence-electron chi connectivity index (χ2n) is 4.38. The van der Waals surface area contributed by atoms with Crippen LogP contribution in [0.4, 0.5) is 0 Å². The summed E-state index contributed by atoms with van der Waals surface area (Å²) in [7, 11) is 0. The summed E-state index contributed by atoms with van der Waals surface area (Å²) in [5.74, 6) is 0. The lowest BCUT2D eigenvalue weighted by Crippen LogP contribution is -1.95. The van der Waals surface area contributed by atoms with E-state index < -0.39 is 0 Å². The molecule has 0 aliphatic rings. The minimum atomic E-state index is 1.09. The van der Waals surface area contributed by atoms with Crippen LogP contribution in [0.1, 0.15) is 12.0 Å². The monoisotopic (exact) mass is 224 g/mol. The van der Waals surface area contributed by atoms with E-state index in [-0.39, 0.29) is 0 Å². The standard InChI is InChI=1S/C15H16N2/c1-2-8-15-14(7-1)13(12-16-15)6-5-11-17-9-3-4-10-17/h1-4,7-10,12,16H,5-6,11H2. The van der Waals surface area contributed by atoms with Gasteiger partial charge < -0.3 is 9.55 Å². The molecule has 0 atom stereocenters. The number of rotatable bonds is 4. The number of aromatic amines is 1. The van der Waals surface area contributed by atoms with E-state index >= 15 is 0 Å². The predicted molar refractivity (Wildman–Crippen MR) is 71.1 cm³/mol. The number of hydrogen-bond acceptors (Lipinski definition) is 0. The van der Waals surface area contributed by atoms with E-state index in [0.717, 1.165) is 13.0 Å². The van der Waals surface area contributed by atoms with Crippen LogP contribution in [-0.2, 0) is 13.0 Å². The van der Waals surface area contributed by atoms with Crippen molar-refractivity contribution in [2.24, 2.45) is 0 Å². The number of aryl methyl sites for hydroxylation is 2. The lowest BCUT2D eigenvalue weighted by molar-refractivity contribution is 0.647. The van der Waals surface area contributed by atoms with Gasteiger partial charge in [0, 0.05) is 36.0 Å². The molecule has 0 amide bonds. The van der Waals surface area contributed by atoms with Crippen LogP contribution in [0.3, 0.4) is 0 Å². The fourth-order valence-electron chi connectivity index (χ4n) is 2.31. The van der Waals surface area contributed by atoms with Crippen LogP contribution in [-0.4, -0.2) is 9.55 Å². The van der Waals surface area contributed by atoms with Crippen molar-refractivity contribution in [1.29, 1.82) is 0 Å². The van der Waals surface area contributed by atoms with Gasteiger partial charge in [0.15, 0.2) is 0 Å². The smallest absolute Gasteiger partial charge is 0.0456 e. The van der Waals surface area contributed by atoms with Crippen LogP contribution in [0.2, 0.25) is 0 Å². The summed E-state index contributed by atoms with van der Waals surface area (Å²) in [6, 6.07) is 12.6. The first-order valence-electron chi connectivity index (χ1n) is 6.09. The molecule has 0 aliphatic heterocycles. The quantitative estimate of drug-likeness (QED) is 0.699. The lowest BCUT2D eigenvalue weighted by atomic mass is 10.1. The van der Waals surface area contributed by atoms with Crippen molar-refractivity contribution in [3.63, 3.8) is 0 Å². The Balaban J connectivity index is 1.69. The highest BCUT2D eigenvalue weighted by atomic mass is 14.9. The molecule has 0 aliphatic carbocycles. The molecular weight excluding hydrogens is 208 g/mol. The first-order chi connectivity index (χ1) is 8.43. The maximum atomic E-state index is 3.33. The van der Waals surface area contributed by atoms with E-state index in [0.29, 0.717) is 0 Å². The summed E-state index contributed by atoms with van der Waals surface area (Å²) in [5, 5.41) is 1.36. The Morgan fingerprint density at radius 3 is 2.71 bits per heavy atom. The number of nitrogens with zero attached hydrogens (tertiary/aromatic N) is 1. The third-order valence-corrected chi connectivity index (χ3v) is 3.20. The zero-order valence-corrected chi connectivity index (χ0v) is 9.76. The zero-order valence-electron chi connectivity index (χ0n) is 9.76. The summed E-state index contributed by atoms with van der Waals surface area (Å²) < 4.78 is 2.23. The molecule has 2 nitrogen and oxygen atoms in total. The minimum absolute atomic E-state index is 1.09. The Morgan fingerprint density at radius 1 is 1.00 bits per heavy atom. The number of hydrogen-bond donors (Lipinski definition) is 1. The average Bonchev–Trinajstić information content (AvgIpc) is 2.99. The summed E-state index contributed by atoms with van der Waals surface area (Å²) in [6.07, 6.45) is 8.68. The Morgan fingerprint density at radius 2 is 1.82 bits per heavy atom. The molecule has 2 aromatic heterocycles. The molecule has 0 radical (unpaired) electrons. The SMILES string of the molecule is c1ccc2c(CCCn3cccc3)c[nH]c2c1. The van der Waals surface area contributed by atoms with E-state index in [1.165, 1.54) is 22.9 Å². The van der Waals surface area contributed by atoms with Crippen molar-refractivity contribution in [3.05, 3.63) is 60.6 Å². The van der Waals surface area contributed by atoms with Crippen molar-refractivity contribution in [2.45, 2.75) is 19.4 Å². The fraction of sp³-hybridized carbons (Fsp3) is 0.200. The van der Waals surface area contributed by atoms with Gasteiger partial charge in [0.1, 0.15) is 0 Å². The van der Waals surface area contributed by atoms with Gasteiger partial charge in [-0.15, -0.1) is 0 Å². The number of benzene rings is 1. The van der Waals surface area contributed by atoms with Crippen LogP contribution >= 0.6 is 0 Å². The summed E-state index contributed by atoms with van der Waals surface area (Å²) in [6.45, 7) is 1.09. The summed E-state index contributed by atoms with van der Waals surface area (Å²) >= 11 is 0. The van der Waals surface area contributed by atoms with Gasteiger partial charge in [0.05, 0.1) is 0 Å². The second kappa shape index (κ2) is 4.50. The van der Waals surface area contributed by atoms with E-state index in [1.54, 1.807) is 0 Å². The van der Waals surface area contributed by atoms with Crippen molar-refractivity contribution in [3.8, 4) is 0 Å². The average molecular weight is 224 g/mol. The highest BCUT2D eigenvalue weighted by molar-refractivity contribution is 5.82. The Labute approximate surface area is 101 Å². The molecule has 0 fully saturated rings. The number of para-hydroxylation sites is 1. The maximum Gasteiger partial charge on any atom is 0.0456 e. The van der Waals surface area contributed by atoms with E-state index in [9.17, 15) is 0 Å². The lowest BCUT2D eigenvalue weighted by Gasteiger charge is -2.02. The second-order valence-corrected chi connectivity index (χ2v) is 4.38. The van der Waals surface area contributed by atoms with E-state index in [1.807, 2.05) is 0 Å². The van der Waals surface area contributed by atoms with Gasteiger partial charge in [-0.3, -0.25) is 0 Å². The molecule has 2 heteroatoms. The third kappa shape index (κ3) is 2.11. The topological polar surface area (TPSA) is 20.7 Å². The van der Waals surface area contributed by atoms with Gasteiger partial charge in [-0.25, -0.2) is 0 Å². The third-order valence-electron chi connectivity index (χ3n) is 3.20. The van der Waals surface area contributed by atoms with Gasteiger partial charge in [-0.1, -0.05) is 18.2 Å². The maximum absolute atomic E-state index is 3.33. The number of H-pyrrole nitrogens is 1. The summed E-state index contributed by atoms with van der Waals surface area (Å²) in [5.41, 5.74) is 2.66. The minimum Gasteiger partial charge on any atom is -0.361 e. The van der Waals surface area contributed by atoms with Crippen LogP contribution in [0, 0.1) is 0 Å². The largest absolute Gasteiger partial charge is 0.361 e. The molecule has 17 heavy (non-hydrogen) atoms. The van der Waals surface area contributed by atoms with Gasteiger partial charge >= 0.3 is 0 Å². The van der Waals surface area contributed by atoms with Crippen LogP contribution < -0.4 is 0 Å². The number of nitrogens with one attached hydrogen (secondary N) is 1. The Kier molecular flexibility index (Phi) is 2.70. The molecule has 0 unspecified atom stereocenters. The van der Waals surface area contributed by atoms with Crippen LogP contribution in [0.25, 0.3) is 10.9 Å². The molecule has 86 valence electrons. The van der Waals surface area contributed by atoms with Gasteiger partial charge in [-0.05, 0) is 36.6 Å². The molecule has 0 saturated carbocycles. The van der Waals surface area contributed by atoms with Gasteiger partial charge in [0.25, 0.3) is 0 Å². The molecule has 1 aromatic carbocycles. The molecule has 0 spiro atoms. The van der Waals surface area contributed by atoms with E-state index in [2.05, 4.69) is 64.5 Å². The molecule has 0 bridgehead atoms.